The molecule has 0 aliphatic carbocycles. The van der Waals surface area contributed by atoms with Gasteiger partial charge in [0.15, 0.2) is 0 Å². The number of pyridine rings is 1. The van der Waals surface area contributed by atoms with Crippen molar-refractivity contribution in [2.24, 2.45) is 0 Å². The Balaban J connectivity index is 1.88. The first-order valence-corrected chi connectivity index (χ1v) is 6.98. The first-order valence-electron chi connectivity index (χ1n) is 6.98. The van der Waals surface area contributed by atoms with Crippen molar-refractivity contribution in [1.29, 1.82) is 0 Å². The SMILES string of the molecule is CC(C)Oc1ccc(CCC(O)c2cccnc2)cc1. The summed E-state index contributed by atoms with van der Waals surface area (Å²) in [5, 5.41) is 10.1. The zero-order valence-corrected chi connectivity index (χ0v) is 12.0. The normalized spacial score (nSPS) is 12.4. The van der Waals surface area contributed by atoms with Crippen molar-refractivity contribution in [2.75, 3.05) is 0 Å². The van der Waals surface area contributed by atoms with Crippen LogP contribution in [0.2, 0.25) is 0 Å². The Hall–Kier alpha value is -1.87. The molecule has 0 aliphatic rings. The van der Waals surface area contributed by atoms with Crippen molar-refractivity contribution < 1.29 is 9.84 Å². The van der Waals surface area contributed by atoms with E-state index in [2.05, 4.69) is 4.98 Å². The zero-order chi connectivity index (χ0) is 14.4. The Bertz CT molecular complexity index is 508. The summed E-state index contributed by atoms with van der Waals surface area (Å²) in [7, 11) is 0. The number of aromatic nitrogens is 1. The minimum absolute atomic E-state index is 0.188. The number of benzene rings is 1. The quantitative estimate of drug-likeness (QED) is 0.874. The maximum Gasteiger partial charge on any atom is 0.119 e. The highest BCUT2D eigenvalue weighted by atomic mass is 16.5. The second-order valence-electron chi connectivity index (χ2n) is 5.15. The highest BCUT2D eigenvalue weighted by Crippen LogP contribution is 2.20. The molecule has 1 aromatic heterocycles. The topological polar surface area (TPSA) is 42.4 Å². The van der Waals surface area contributed by atoms with Crippen LogP contribution in [0.3, 0.4) is 0 Å². The van der Waals surface area contributed by atoms with Crippen LogP contribution in [0.5, 0.6) is 5.75 Å². The zero-order valence-electron chi connectivity index (χ0n) is 12.0. The van der Waals surface area contributed by atoms with Gasteiger partial charge in [-0.15, -0.1) is 0 Å². The standard InChI is InChI=1S/C17H21NO2/c1-13(2)20-16-8-5-14(6-9-16)7-10-17(19)15-4-3-11-18-12-15/h3-6,8-9,11-13,17,19H,7,10H2,1-2H3. The van der Waals surface area contributed by atoms with Crippen molar-refractivity contribution in [1.82, 2.24) is 4.98 Å². The minimum Gasteiger partial charge on any atom is -0.491 e. The average Bonchev–Trinajstić information content (AvgIpc) is 2.46. The molecule has 0 radical (unpaired) electrons. The van der Waals surface area contributed by atoms with Crippen molar-refractivity contribution in [3.8, 4) is 5.75 Å². The van der Waals surface area contributed by atoms with Gasteiger partial charge in [-0.05, 0) is 56.0 Å². The van der Waals surface area contributed by atoms with E-state index in [4.69, 9.17) is 4.74 Å². The molecule has 3 heteroatoms. The van der Waals surface area contributed by atoms with E-state index >= 15 is 0 Å². The summed E-state index contributed by atoms with van der Waals surface area (Å²) >= 11 is 0. The molecule has 1 heterocycles. The largest absolute Gasteiger partial charge is 0.491 e. The second-order valence-corrected chi connectivity index (χ2v) is 5.15. The Morgan fingerprint density at radius 3 is 2.50 bits per heavy atom. The van der Waals surface area contributed by atoms with Crippen LogP contribution in [0, 0.1) is 0 Å². The van der Waals surface area contributed by atoms with Crippen molar-refractivity contribution in [2.45, 2.75) is 38.9 Å². The average molecular weight is 271 g/mol. The lowest BCUT2D eigenvalue weighted by Gasteiger charge is -2.12. The summed E-state index contributed by atoms with van der Waals surface area (Å²) in [6.07, 6.45) is 4.67. The van der Waals surface area contributed by atoms with E-state index in [1.165, 1.54) is 5.56 Å². The van der Waals surface area contributed by atoms with Gasteiger partial charge in [0.25, 0.3) is 0 Å². The molecule has 0 saturated heterocycles. The summed E-state index contributed by atoms with van der Waals surface area (Å²) < 4.78 is 5.61. The Morgan fingerprint density at radius 2 is 1.90 bits per heavy atom. The van der Waals surface area contributed by atoms with E-state index in [-0.39, 0.29) is 6.10 Å². The molecule has 3 nitrogen and oxygen atoms in total. The van der Waals surface area contributed by atoms with Crippen LogP contribution in [-0.2, 0) is 6.42 Å². The lowest BCUT2D eigenvalue weighted by atomic mass is 10.0. The monoisotopic (exact) mass is 271 g/mol. The smallest absolute Gasteiger partial charge is 0.119 e. The molecule has 1 aromatic carbocycles. The Morgan fingerprint density at radius 1 is 1.15 bits per heavy atom. The number of aliphatic hydroxyl groups is 1. The highest BCUT2D eigenvalue weighted by Gasteiger charge is 2.07. The van der Waals surface area contributed by atoms with E-state index in [1.54, 1.807) is 12.4 Å². The predicted octanol–water partition coefficient (Wildman–Crippen LogP) is 3.54. The molecular weight excluding hydrogens is 250 g/mol. The molecule has 2 aromatic rings. The van der Waals surface area contributed by atoms with Gasteiger partial charge in [-0.2, -0.15) is 0 Å². The summed E-state index contributed by atoms with van der Waals surface area (Å²) in [5.74, 6) is 0.886. The van der Waals surface area contributed by atoms with Crippen LogP contribution in [0.4, 0.5) is 0 Å². The molecular formula is C17H21NO2. The molecule has 2 rings (SSSR count). The maximum atomic E-state index is 10.1. The molecule has 1 atom stereocenters. The molecule has 1 unspecified atom stereocenters. The number of nitrogens with zero attached hydrogens (tertiary/aromatic N) is 1. The van der Waals surface area contributed by atoms with Crippen molar-refractivity contribution >= 4 is 0 Å². The fraction of sp³-hybridized carbons (Fsp3) is 0.353. The third-order valence-electron chi connectivity index (χ3n) is 3.07. The van der Waals surface area contributed by atoms with Crippen LogP contribution in [0.1, 0.15) is 37.5 Å². The number of hydrogen-bond acceptors (Lipinski definition) is 3. The van der Waals surface area contributed by atoms with E-state index in [1.807, 2.05) is 50.2 Å². The Labute approximate surface area is 120 Å². The van der Waals surface area contributed by atoms with Gasteiger partial charge in [-0.3, -0.25) is 4.98 Å². The molecule has 0 aliphatic heterocycles. The van der Waals surface area contributed by atoms with Crippen LogP contribution in [-0.4, -0.2) is 16.2 Å². The van der Waals surface area contributed by atoms with E-state index in [0.29, 0.717) is 6.42 Å². The van der Waals surface area contributed by atoms with Gasteiger partial charge in [-0.1, -0.05) is 18.2 Å². The van der Waals surface area contributed by atoms with Gasteiger partial charge in [0.2, 0.25) is 0 Å². The molecule has 0 spiro atoms. The lowest BCUT2D eigenvalue weighted by Crippen LogP contribution is -2.05. The number of hydrogen-bond donors (Lipinski definition) is 1. The van der Waals surface area contributed by atoms with Gasteiger partial charge in [-0.25, -0.2) is 0 Å². The Kier molecular flexibility index (Phi) is 5.13. The molecule has 0 saturated carbocycles. The molecule has 106 valence electrons. The number of ether oxygens (including phenoxy) is 1. The third kappa shape index (κ3) is 4.35. The van der Waals surface area contributed by atoms with Gasteiger partial charge in [0.05, 0.1) is 12.2 Å². The van der Waals surface area contributed by atoms with E-state index in [9.17, 15) is 5.11 Å². The van der Waals surface area contributed by atoms with Gasteiger partial charge in [0.1, 0.15) is 5.75 Å². The van der Waals surface area contributed by atoms with Gasteiger partial charge in [0, 0.05) is 12.4 Å². The molecule has 0 fully saturated rings. The van der Waals surface area contributed by atoms with Crippen LogP contribution >= 0.6 is 0 Å². The van der Waals surface area contributed by atoms with Crippen molar-refractivity contribution in [3.05, 3.63) is 59.9 Å². The van der Waals surface area contributed by atoms with E-state index in [0.717, 1.165) is 17.7 Å². The molecule has 0 bridgehead atoms. The summed E-state index contributed by atoms with van der Waals surface area (Å²) in [6, 6.07) is 11.8. The van der Waals surface area contributed by atoms with E-state index < -0.39 is 6.10 Å². The molecule has 1 N–H and O–H groups in total. The highest BCUT2D eigenvalue weighted by molar-refractivity contribution is 5.27. The fourth-order valence-electron chi connectivity index (χ4n) is 2.05. The van der Waals surface area contributed by atoms with Crippen LogP contribution in [0.15, 0.2) is 48.8 Å². The molecule has 20 heavy (non-hydrogen) atoms. The maximum absolute atomic E-state index is 10.1. The van der Waals surface area contributed by atoms with Gasteiger partial charge < -0.3 is 9.84 Å². The predicted molar refractivity (Wildman–Crippen MR) is 79.7 cm³/mol. The van der Waals surface area contributed by atoms with Crippen LogP contribution in [0.25, 0.3) is 0 Å². The minimum atomic E-state index is -0.463. The second kappa shape index (κ2) is 7.06. The lowest BCUT2D eigenvalue weighted by molar-refractivity contribution is 0.167. The summed E-state index contributed by atoms with van der Waals surface area (Å²) in [5.41, 5.74) is 2.07. The number of aryl methyl sites for hydroxylation is 1. The number of rotatable bonds is 6. The summed E-state index contributed by atoms with van der Waals surface area (Å²) in [4.78, 5) is 4.02. The van der Waals surface area contributed by atoms with Gasteiger partial charge >= 0.3 is 0 Å². The van der Waals surface area contributed by atoms with Crippen LogP contribution < -0.4 is 4.74 Å². The molecule has 0 amide bonds. The number of aliphatic hydroxyl groups excluding tert-OH is 1. The first kappa shape index (κ1) is 14.5. The van der Waals surface area contributed by atoms with Crippen molar-refractivity contribution in [3.63, 3.8) is 0 Å². The third-order valence-corrected chi connectivity index (χ3v) is 3.07. The fourth-order valence-corrected chi connectivity index (χ4v) is 2.05. The summed E-state index contributed by atoms with van der Waals surface area (Å²) in [6.45, 7) is 4.02. The first-order chi connectivity index (χ1) is 9.65.